The molecule has 3 nitrogen and oxygen atoms in total. The lowest BCUT2D eigenvalue weighted by molar-refractivity contribution is 0.0920. The van der Waals surface area contributed by atoms with Crippen LogP contribution in [0.2, 0.25) is 0 Å². The molecular weight excluding hydrogens is 264 g/mol. The van der Waals surface area contributed by atoms with Crippen molar-refractivity contribution in [1.82, 2.24) is 0 Å². The fourth-order valence-electron chi connectivity index (χ4n) is 2.11. The molecule has 0 saturated carbocycles. The second-order valence-corrected chi connectivity index (χ2v) is 5.14. The molecule has 0 heterocycles. The SMILES string of the molecule is COc1cccc(C(=O)COc2ccccc2C(C)C)c1. The summed E-state index contributed by atoms with van der Waals surface area (Å²) in [6, 6.07) is 14.9. The highest BCUT2D eigenvalue weighted by Crippen LogP contribution is 2.26. The molecule has 0 atom stereocenters. The molecule has 2 aromatic carbocycles. The Morgan fingerprint density at radius 3 is 2.57 bits per heavy atom. The van der Waals surface area contributed by atoms with Crippen LogP contribution in [-0.2, 0) is 0 Å². The molecule has 0 aromatic heterocycles. The molecule has 110 valence electrons. The lowest BCUT2D eigenvalue weighted by Crippen LogP contribution is -2.12. The molecule has 0 bridgehead atoms. The predicted octanol–water partition coefficient (Wildman–Crippen LogP) is 4.08. The molecule has 2 aromatic rings. The van der Waals surface area contributed by atoms with Crippen molar-refractivity contribution in [2.75, 3.05) is 13.7 Å². The second kappa shape index (κ2) is 6.93. The highest BCUT2D eigenvalue weighted by molar-refractivity contribution is 5.97. The predicted molar refractivity (Wildman–Crippen MR) is 83.4 cm³/mol. The second-order valence-electron chi connectivity index (χ2n) is 5.14. The molecule has 0 saturated heterocycles. The van der Waals surface area contributed by atoms with Crippen LogP contribution in [0.4, 0.5) is 0 Å². The van der Waals surface area contributed by atoms with Crippen LogP contribution >= 0.6 is 0 Å². The fraction of sp³-hybridized carbons (Fsp3) is 0.278. The van der Waals surface area contributed by atoms with E-state index in [1.54, 1.807) is 25.3 Å². The molecule has 21 heavy (non-hydrogen) atoms. The maximum Gasteiger partial charge on any atom is 0.200 e. The van der Waals surface area contributed by atoms with Crippen molar-refractivity contribution >= 4 is 5.78 Å². The van der Waals surface area contributed by atoms with Gasteiger partial charge in [-0.05, 0) is 29.7 Å². The van der Waals surface area contributed by atoms with E-state index in [4.69, 9.17) is 9.47 Å². The minimum atomic E-state index is -0.0625. The standard InChI is InChI=1S/C18H20O3/c1-13(2)16-9-4-5-10-18(16)21-12-17(19)14-7-6-8-15(11-14)20-3/h4-11,13H,12H2,1-3H3. The van der Waals surface area contributed by atoms with E-state index in [1.165, 1.54) is 0 Å². The Labute approximate surface area is 125 Å². The normalized spacial score (nSPS) is 10.5. The first-order valence-electron chi connectivity index (χ1n) is 7.00. The first-order chi connectivity index (χ1) is 10.1. The first-order valence-corrected chi connectivity index (χ1v) is 7.00. The Bertz CT molecular complexity index is 617. The van der Waals surface area contributed by atoms with E-state index in [0.29, 0.717) is 17.2 Å². The lowest BCUT2D eigenvalue weighted by Gasteiger charge is -2.13. The van der Waals surface area contributed by atoms with Gasteiger partial charge in [0.1, 0.15) is 11.5 Å². The van der Waals surface area contributed by atoms with E-state index in [9.17, 15) is 4.79 Å². The third kappa shape index (κ3) is 3.85. The van der Waals surface area contributed by atoms with Gasteiger partial charge in [-0.25, -0.2) is 0 Å². The highest BCUT2D eigenvalue weighted by atomic mass is 16.5. The van der Waals surface area contributed by atoms with Crippen LogP contribution in [0.15, 0.2) is 48.5 Å². The van der Waals surface area contributed by atoms with Crippen LogP contribution < -0.4 is 9.47 Å². The summed E-state index contributed by atoms with van der Waals surface area (Å²) in [5.41, 5.74) is 1.70. The molecule has 0 fully saturated rings. The number of methoxy groups -OCH3 is 1. The van der Waals surface area contributed by atoms with Crippen molar-refractivity contribution in [2.45, 2.75) is 19.8 Å². The van der Waals surface area contributed by atoms with Gasteiger partial charge in [-0.15, -0.1) is 0 Å². The molecule has 3 heteroatoms. The average molecular weight is 284 g/mol. The van der Waals surface area contributed by atoms with Crippen LogP contribution in [0.3, 0.4) is 0 Å². The minimum absolute atomic E-state index is 0.0247. The molecule has 0 unspecified atom stereocenters. The summed E-state index contributed by atoms with van der Waals surface area (Å²) in [6.07, 6.45) is 0. The Morgan fingerprint density at radius 2 is 1.86 bits per heavy atom. The zero-order chi connectivity index (χ0) is 15.2. The largest absolute Gasteiger partial charge is 0.497 e. The Balaban J connectivity index is 2.07. The lowest BCUT2D eigenvalue weighted by atomic mass is 10.0. The van der Waals surface area contributed by atoms with Gasteiger partial charge in [-0.1, -0.05) is 44.2 Å². The number of carbonyl (C=O) groups is 1. The van der Waals surface area contributed by atoms with Crippen LogP contribution in [-0.4, -0.2) is 19.5 Å². The number of para-hydroxylation sites is 1. The fourth-order valence-corrected chi connectivity index (χ4v) is 2.11. The Hall–Kier alpha value is -2.29. The van der Waals surface area contributed by atoms with Gasteiger partial charge in [-0.2, -0.15) is 0 Å². The number of hydrogen-bond acceptors (Lipinski definition) is 3. The molecule has 0 spiro atoms. The quantitative estimate of drug-likeness (QED) is 0.750. The van der Waals surface area contributed by atoms with Crippen molar-refractivity contribution in [3.8, 4) is 11.5 Å². The van der Waals surface area contributed by atoms with Crippen LogP contribution in [0.1, 0.15) is 35.7 Å². The molecule has 2 rings (SSSR count). The maximum atomic E-state index is 12.2. The summed E-state index contributed by atoms with van der Waals surface area (Å²) in [6.45, 7) is 4.23. The summed E-state index contributed by atoms with van der Waals surface area (Å²) in [5.74, 6) is 1.73. The number of ether oxygens (including phenoxy) is 2. The number of hydrogen-bond donors (Lipinski definition) is 0. The van der Waals surface area contributed by atoms with Crippen LogP contribution in [0, 0.1) is 0 Å². The molecular formula is C18H20O3. The third-order valence-electron chi connectivity index (χ3n) is 3.29. The Kier molecular flexibility index (Phi) is 4.99. The summed E-state index contributed by atoms with van der Waals surface area (Å²) in [7, 11) is 1.58. The minimum Gasteiger partial charge on any atom is -0.497 e. The third-order valence-corrected chi connectivity index (χ3v) is 3.29. The van der Waals surface area contributed by atoms with Gasteiger partial charge in [-0.3, -0.25) is 4.79 Å². The van der Waals surface area contributed by atoms with E-state index >= 15 is 0 Å². The van der Waals surface area contributed by atoms with E-state index in [1.807, 2.05) is 30.3 Å². The first kappa shape index (κ1) is 15.1. The average Bonchev–Trinajstić information content (AvgIpc) is 2.52. The van der Waals surface area contributed by atoms with Crippen molar-refractivity contribution < 1.29 is 14.3 Å². The highest BCUT2D eigenvalue weighted by Gasteiger charge is 2.11. The maximum absolute atomic E-state index is 12.2. The number of carbonyl (C=O) groups excluding carboxylic acids is 1. The zero-order valence-corrected chi connectivity index (χ0v) is 12.6. The van der Waals surface area contributed by atoms with Gasteiger partial charge in [0.05, 0.1) is 7.11 Å². The van der Waals surface area contributed by atoms with Gasteiger partial charge in [0.15, 0.2) is 12.4 Å². The monoisotopic (exact) mass is 284 g/mol. The van der Waals surface area contributed by atoms with Gasteiger partial charge in [0.2, 0.25) is 0 Å². The molecule has 0 aliphatic carbocycles. The molecule has 0 amide bonds. The van der Waals surface area contributed by atoms with Crippen molar-refractivity contribution in [1.29, 1.82) is 0 Å². The number of benzene rings is 2. The molecule has 0 aliphatic rings. The zero-order valence-electron chi connectivity index (χ0n) is 12.6. The summed E-state index contributed by atoms with van der Waals surface area (Å²) >= 11 is 0. The van der Waals surface area contributed by atoms with Crippen molar-refractivity contribution in [3.63, 3.8) is 0 Å². The smallest absolute Gasteiger partial charge is 0.200 e. The van der Waals surface area contributed by atoms with Gasteiger partial charge >= 0.3 is 0 Å². The van der Waals surface area contributed by atoms with Crippen molar-refractivity contribution in [3.05, 3.63) is 59.7 Å². The molecule has 0 N–H and O–H groups in total. The number of ketones is 1. The van der Waals surface area contributed by atoms with Gasteiger partial charge in [0, 0.05) is 5.56 Å². The van der Waals surface area contributed by atoms with E-state index in [-0.39, 0.29) is 12.4 Å². The van der Waals surface area contributed by atoms with Crippen molar-refractivity contribution in [2.24, 2.45) is 0 Å². The summed E-state index contributed by atoms with van der Waals surface area (Å²) in [4.78, 5) is 12.2. The number of Topliss-reactive ketones (excluding diaryl/α,β-unsaturated/α-hetero) is 1. The van der Waals surface area contributed by atoms with E-state index in [2.05, 4.69) is 13.8 Å². The topological polar surface area (TPSA) is 35.5 Å². The number of rotatable bonds is 6. The van der Waals surface area contributed by atoms with E-state index < -0.39 is 0 Å². The summed E-state index contributed by atoms with van der Waals surface area (Å²) in [5, 5.41) is 0. The van der Waals surface area contributed by atoms with Crippen LogP contribution in [0.5, 0.6) is 11.5 Å². The van der Waals surface area contributed by atoms with Crippen LogP contribution in [0.25, 0.3) is 0 Å². The molecule has 0 aliphatic heterocycles. The van der Waals surface area contributed by atoms with Gasteiger partial charge in [0.25, 0.3) is 0 Å². The Morgan fingerprint density at radius 1 is 1.10 bits per heavy atom. The summed E-state index contributed by atoms with van der Waals surface area (Å²) < 4.78 is 10.8. The van der Waals surface area contributed by atoms with Gasteiger partial charge < -0.3 is 9.47 Å². The molecule has 0 radical (unpaired) electrons. The van der Waals surface area contributed by atoms with E-state index in [0.717, 1.165) is 11.3 Å².